The van der Waals surface area contributed by atoms with Crippen molar-refractivity contribution in [2.45, 2.75) is 39.2 Å². The van der Waals surface area contributed by atoms with Crippen LogP contribution in [0.5, 0.6) is 0 Å². The average Bonchev–Trinajstić information content (AvgIpc) is 2.41. The lowest BCUT2D eigenvalue weighted by Gasteiger charge is -2.36. The molecule has 0 radical (unpaired) electrons. The number of hydrogen-bond donors (Lipinski definition) is 0. The van der Waals surface area contributed by atoms with Crippen molar-refractivity contribution in [2.75, 3.05) is 0 Å². The van der Waals surface area contributed by atoms with Gasteiger partial charge in [0.1, 0.15) is 11.9 Å². The van der Waals surface area contributed by atoms with Gasteiger partial charge in [-0.1, -0.05) is 12.2 Å². The largest absolute Gasteiger partial charge is 0.461 e. The van der Waals surface area contributed by atoms with Crippen molar-refractivity contribution in [3.8, 4) is 0 Å². The summed E-state index contributed by atoms with van der Waals surface area (Å²) < 4.78 is 5.22. The highest BCUT2D eigenvalue weighted by atomic mass is 16.6. The van der Waals surface area contributed by atoms with E-state index in [1.54, 1.807) is 0 Å². The lowest BCUT2D eigenvalue weighted by Crippen LogP contribution is -2.43. The summed E-state index contributed by atoms with van der Waals surface area (Å²) in [7, 11) is 0. The number of Topliss-reactive ketones (excluding diaryl/α,β-unsaturated/α-hetero) is 1. The Bertz CT molecular complexity index is 345. The summed E-state index contributed by atoms with van der Waals surface area (Å²) >= 11 is 0. The molecule has 0 bridgehead atoms. The predicted octanol–water partition coefficient (Wildman–Crippen LogP) is 1.86. The molecular formula is C12H16O3. The number of carbonyl (C=O) groups excluding carboxylic acids is 2. The molecule has 3 atom stereocenters. The van der Waals surface area contributed by atoms with Crippen molar-refractivity contribution in [3.05, 3.63) is 12.2 Å². The summed E-state index contributed by atoms with van der Waals surface area (Å²) in [5, 5.41) is 0. The molecule has 0 amide bonds. The summed E-state index contributed by atoms with van der Waals surface area (Å²) in [5.41, 5.74) is 0.441. The standard InChI is InChI=1S/C12H16O3/c1-7(2)8-4-9(13)12(3)6-11(14)15-10(12)5-8/h8,10H,1,4-6H2,2-3H3/t8-,10+,12-/m0/s1. The number of hydrogen-bond acceptors (Lipinski definition) is 3. The van der Waals surface area contributed by atoms with Crippen LogP contribution in [0.1, 0.15) is 33.1 Å². The minimum absolute atomic E-state index is 0.151. The summed E-state index contributed by atoms with van der Waals surface area (Å²) in [5.74, 6) is 0.0947. The zero-order chi connectivity index (χ0) is 11.2. The summed E-state index contributed by atoms with van der Waals surface area (Å²) in [6.45, 7) is 7.65. The first kappa shape index (κ1) is 10.4. The Morgan fingerprint density at radius 1 is 1.53 bits per heavy atom. The molecule has 1 aliphatic heterocycles. The van der Waals surface area contributed by atoms with Gasteiger partial charge < -0.3 is 4.74 Å². The van der Waals surface area contributed by atoms with Crippen molar-refractivity contribution in [1.82, 2.24) is 0 Å². The van der Waals surface area contributed by atoms with E-state index in [0.29, 0.717) is 6.42 Å². The number of fused-ring (bicyclic) bond motifs is 1. The maximum atomic E-state index is 12.0. The molecular weight excluding hydrogens is 192 g/mol. The zero-order valence-corrected chi connectivity index (χ0v) is 9.21. The third-order valence-electron chi connectivity index (χ3n) is 3.76. The van der Waals surface area contributed by atoms with E-state index in [1.807, 2.05) is 13.8 Å². The van der Waals surface area contributed by atoms with Crippen LogP contribution in [0.4, 0.5) is 0 Å². The van der Waals surface area contributed by atoms with Gasteiger partial charge in [0.05, 0.1) is 11.8 Å². The van der Waals surface area contributed by atoms with Crippen LogP contribution in [-0.2, 0) is 14.3 Å². The number of ketones is 1. The van der Waals surface area contributed by atoms with E-state index in [1.165, 1.54) is 0 Å². The summed E-state index contributed by atoms with van der Waals surface area (Å²) in [4.78, 5) is 23.2. The molecule has 82 valence electrons. The molecule has 0 spiro atoms. The summed E-state index contributed by atoms with van der Waals surface area (Å²) in [6.07, 6.45) is 1.29. The molecule has 0 unspecified atom stereocenters. The van der Waals surface area contributed by atoms with Gasteiger partial charge in [-0.05, 0) is 26.2 Å². The molecule has 0 aromatic carbocycles. The van der Waals surface area contributed by atoms with E-state index in [-0.39, 0.29) is 30.2 Å². The highest BCUT2D eigenvalue weighted by molar-refractivity contribution is 5.92. The van der Waals surface area contributed by atoms with Gasteiger partial charge >= 0.3 is 5.97 Å². The lowest BCUT2D eigenvalue weighted by atomic mass is 9.67. The van der Waals surface area contributed by atoms with Gasteiger partial charge in [0.25, 0.3) is 0 Å². The average molecular weight is 208 g/mol. The molecule has 0 aromatic heterocycles. The molecule has 15 heavy (non-hydrogen) atoms. The van der Waals surface area contributed by atoms with Crippen LogP contribution in [0.25, 0.3) is 0 Å². The maximum Gasteiger partial charge on any atom is 0.307 e. The van der Waals surface area contributed by atoms with Gasteiger partial charge in [0.2, 0.25) is 0 Å². The topological polar surface area (TPSA) is 43.4 Å². The molecule has 2 rings (SSSR count). The molecule has 1 heterocycles. The molecule has 1 aliphatic carbocycles. The Hall–Kier alpha value is -1.12. The Balaban J connectivity index is 2.25. The minimum Gasteiger partial charge on any atom is -0.461 e. The van der Waals surface area contributed by atoms with Crippen molar-refractivity contribution < 1.29 is 14.3 Å². The van der Waals surface area contributed by atoms with E-state index < -0.39 is 5.41 Å². The molecule has 2 fully saturated rings. The first-order valence-electron chi connectivity index (χ1n) is 5.31. The number of esters is 1. The lowest BCUT2D eigenvalue weighted by molar-refractivity contribution is -0.144. The fourth-order valence-electron chi connectivity index (χ4n) is 2.50. The fraction of sp³-hybridized carbons (Fsp3) is 0.667. The van der Waals surface area contributed by atoms with Crippen molar-refractivity contribution in [2.24, 2.45) is 11.3 Å². The van der Waals surface area contributed by atoms with Crippen molar-refractivity contribution in [1.29, 1.82) is 0 Å². The number of carbonyl (C=O) groups is 2. The maximum absolute atomic E-state index is 12.0. The van der Waals surface area contributed by atoms with Gasteiger partial charge in [0, 0.05) is 6.42 Å². The molecule has 0 aromatic rings. The van der Waals surface area contributed by atoms with Gasteiger partial charge in [-0.3, -0.25) is 9.59 Å². The second kappa shape index (κ2) is 3.19. The molecule has 2 aliphatic rings. The van der Waals surface area contributed by atoms with Crippen LogP contribution in [0.3, 0.4) is 0 Å². The normalized spacial score (nSPS) is 39.9. The van der Waals surface area contributed by atoms with Gasteiger partial charge in [-0.15, -0.1) is 0 Å². The number of ether oxygens (including phenoxy) is 1. The Kier molecular flexibility index (Phi) is 2.21. The van der Waals surface area contributed by atoms with Gasteiger partial charge in [-0.2, -0.15) is 0 Å². The molecule has 1 saturated carbocycles. The van der Waals surface area contributed by atoms with Crippen molar-refractivity contribution in [3.63, 3.8) is 0 Å². The highest BCUT2D eigenvalue weighted by Crippen LogP contribution is 2.46. The SMILES string of the molecule is C=C(C)[C@H]1CC(=O)[C@]2(C)CC(=O)O[C@@H]2C1. The Morgan fingerprint density at radius 2 is 2.20 bits per heavy atom. The van der Waals surface area contributed by atoms with E-state index in [2.05, 4.69) is 6.58 Å². The fourth-order valence-corrected chi connectivity index (χ4v) is 2.50. The third kappa shape index (κ3) is 1.50. The van der Waals surface area contributed by atoms with Crippen LogP contribution in [0.15, 0.2) is 12.2 Å². The minimum atomic E-state index is -0.566. The van der Waals surface area contributed by atoms with Gasteiger partial charge in [-0.25, -0.2) is 0 Å². The zero-order valence-electron chi connectivity index (χ0n) is 9.21. The molecule has 3 heteroatoms. The van der Waals surface area contributed by atoms with Crippen molar-refractivity contribution >= 4 is 11.8 Å². The quantitative estimate of drug-likeness (QED) is 0.488. The van der Waals surface area contributed by atoms with Crippen LogP contribution in [-0.4, -0.2) is 17.9 Å². The van der Waals surface area contributed by atoms with E-state index in [0.717, 1.165) is 12.0 Å². The second-order valence-electron chi connectivity index (χ2n) is 4.98. The van der Waals surface area contributed by atoms with Crippen LogP contribution < -0.4 is 0 Å². The first-order valence-corrected chi connectivity index (χ1v) is 5.31. The molecule has 3 nitrogen and oxygen atoms in total. The smallest absolute Gasteiger partial charge is 0.307 e. The van der Waals surface area contributed by atoms with E-state index >= 15 is 0 Å². The van der Waals surface area contributed by atoms with Crippen LogP contribution in [0, 0.1) is 11.3 Å². The molecule has 1 saturated heterocycles. The Morgan fingerprint density at radius 3 is 2.80 bits per heavy atom. The summed E-state index contributed by atoms with van der Waals surface area (Å²) in [6, 6.07) is 0. The number of rotatable bonds is 1. The highest BCUT2D eigenvalue weighted by Gasteiger charge is 2.54. The van der Waals surface area contributed by atoms with Crippen LogP contribution in [0.2, 0.25) is 0 Å². The van der Waals surface area contributed by atoms with Gasteiger partial charge in [0.15, 0.2) is 0 Å². The third-order valence-corrected chi connectivity index (χ3v) is 3.76. The first-order chi connectivity index (χ1) is 6.93. The predicted molar refractivity (Wildman–Crippen MR) is 55.1 cm³/mol. The number of allylic oxidation sites excluding steroid dienone is 1. The van der Waals surface area contributed by atoms with E-state index in [9.17, 15) is 9.59 Å². The Labute approximate surface area is 89.5 Å². The van der Waals surface area contributed by atoms with Crippen LogP contribution >= 0.6 is 0 Å². The second-order valence-corrected chi connectivity index (χ2v) is 4.98. The van der Waals surface area contributed by atoms with E-state index in [4.69, 9.17) is 4.74 Å². The monoisotopic (exact) mass is 208 g/mol. The molecule has 0 N–H and O–H groups in total.